The van der Waals surface area contributed by atoms with Crippen LogP contribution in [-0.4, -0.2) is 91.9 Å². The third-order valence-electron chi connectivity index (χ3n) is 13.0. The first-order valence-electron chi connectivity index (χ1n) is 21.9. The lowest BCUT2D eigenvalue weighted by Gasteiger charge is -2.33. The van der Waals surface area contributed by atoms with Crippen LogP contribution in [0.3, 0.4) is 0 Å². The van der Waals surface area contributed by atoms with E-state index in [4.69, 9.17) is 14.7 Å². The number of aromatic nitrogens is 4. The van der Waals surface area contributed by atoms with E-state index in [0.717, 1.165) is 107 Å². The van der Waals surface area contributed by atoms with Crippen LogP contribution in [0.15, 0.2) is 91.1 Å². The van der Waals surface area contributed by atoms with Crippen LogP contribution in [0.1, 0.15) is 88.7 Å². The van der Waals surface area contributed by atoms with Crippen molar-refractivity contribution in [3.63, 3.8) is 0 Å². The van der Waals surface area contributed by atoms with Gasteiger partial charge in [0.1, 0.15) is 23.7 Å². The van der Waals surface area contributed by atoms with E-state index in [2.05, 4.69) is 99.6 Å². The fraction of sp³-hybridized carbons (Fsp3) is 0.408. The average Bonchev–Trinajstić information content (AvgIpc) is 4.13. The molecule has 0 saturated carbocycles. The predicted octanol–water partition coefficient (Wildman–Crippen LogP) is 8.81. The van der Waals surface area contributed by atoms with Gasteiger partial charge in [-0.2, -0.15) is 0 Å². The number of imidazole rings is 2. The Labute approximate surface area is 357 Å². The molecule has 0 radical (unpaired) electrons. The van der Waals surface area contributed by atoms with Crippen molar-refractivity contribution < 1.29 is 19.1 Å². The van der Waals surface area contributed by atoms with Gasteiger partial charge in [0, 0.05) is 18.7 Å². The maximum Gasteiger partial charge on any atom is 0.407 e. The fourth-order valence-corrected chi connectivity index (χ4v) is 9.89. The van der Waals surface area contributed by atoms with E-state index >= 15 is 0 Å². The zero-order valence-corrected chi connectivity index (χ0v) is 35.7. The number of nitrogens with one attached hydrogen (secondary N) is 3. The van der Waals surface area contributed by atoms with Crippen LogP contribution in [0.4, 0.5) is 4.79 Å². The minimum Gasteiger partial charge on any atom is -0.453 e. The second-order valence-electron chi connectivity index (χ2n) is 17.9. The topological polar surface area (TPSA) is 140 Å². The van der Waals surface area contributed by atoms with Gasteiger partial charge in [-0.3, -0.25) is 14.5 Å². The van der Waals surface area contributed by atoms with Gasteiger partial charge in [0.15, 0.2) is 0 Å². The summed E-state index contributed by atoms with van der Waals surface area (Å²) in [6, 6.07) is 28.2. The number of carbonyl (C=O) groups is 3. The van der Waals surface area contributed by atoms with Gasteiger partial charge in [-0.05, 0) is 108 Å². The van der Waals surface area contributed by atoms with Gasteiger partial charge in [-0.25, -0.2) is 14.8 Å². The number of hydrogen-bond donors (Lipinski definition) is 3. The summed E-state index contributed by atoms with van der Waals surface area (Å²) in [5.74, 6) is 2.18. The summed E-state index contributed by atoms with van der Waals surface area (Å²) in [6.45, 7) is 11.4. The number of nitrogens with zero attached hydrogens (tertiary/aromatic N) is 5. The summed E-state index contributed by atoms with van der Waals surface area (Å²) in [5, 5.41) is 4.98. The zero-order valence-electron chi connectivity index (χ0n) is 35.7. The van der Waals surface area contributed by atoms with Crippen LogP contribution in [0.2, 0.25) is 0 Å². The van der Waals surface area contributed by atoms with Crippen molar-refractivity contribution in [3.05, 3.63) is 108 Å². The first kappa shape index (κ1) is 40.4. The maximum atomic E-state index is 14.5. The highest BCUT2D eigenvalue weighted by Crippen LogP contribution is 2.40. The molecule has 3 saturated heterocycles. The summed E-state index contributed by atoms with van der Waals surface area (Å²) < 4.78 is 4.81. The number of ether oxygens (including phenoxy) is 1. The zero-order chi connectivity index (χ0) is 42.4. The van der Waals surface area contributed by atoms with Crippen LogP contribution < -0.4 is 5.32 Å². The first-order valence-corrected chi connectivity index (χ1v) is 21.9. The number of H-pyrrole nitrogens is 2. The molecule has 316 valence electrons. The number of rotatable bonds is 10. The predicted molar refractivity (Wildman–Crippen MR) is 237 cm³/mol. The van der Waals surface area contributed by atoms with Gasteiger partial charge in [0.05, 0.1) is 42.1 Å². The van der Waals surface area contributed by atoms with Crippen molar-refractivity contribution in [2.45, 2.75) is 77.5 Å². The summed E-state index contributed by atoms with van der Waals surface area (Å²) in [4.78, 5) is 63.7. The number of benzene rings is 4. The third kappa shape index (κ3) is 8.01. The Morgan fingerprint density at radius 2 is 1.38 bits per heavy atom. The van der Waals surface area contributed by atoms with Gasteiger partial charge >= 0.3 is 6.09 Å². The van der Waals surface area contributed by atoms with E-state index in [-0.39, 0.29) is 41.8 Å². The molecule has 5 heterocycles. The fourth-order valence-electron chi connectivity index (χ4n) is 9.89. The molecule has 3 aliphatic heterocycles. The monoisotopic (exact) mass is 820 g/mol. The van der Waals surface area contributed by atoms with Crippen LogP contribution in [-0.2, 0) is 14.3 Å². The number of aromatic amines is 2. The van der Waals surface area contributed by atoms with Gasteiger partial charge in [-0.1, -0.05) is 88.4 Å². The minimum atomic E-state index is -0.695. The molecule has 0 spiro atoms. The number of amides is 3. The molecule has 12 nitrogen and oxygen atoms in total. The molecule has 61 heavy (non-hydrogen) atoms. The number of fused-ring (bicyclic) bond motifs is 2. The lowest BCUT2D eigenvalue weighted by atomic mass is 9.99. The molecule has 9 rings (SSSR count). The Kier molecular flexibility index (Phi) is 11.1. The average molecular weight is 821 g/mol. The highest BCUT2D eigenvalue weighted by molar-refractivity contribution is 5.92. The summed E-state index contributed by atoms with van der Waals surface area (Å²) in [5.41, 5.74) is 6.93. The molecule has 6 aromatic rings. The van der Waals surface area contributed by atoms with Gasteiger partial charge in [-0.15, -0.1) is 0 Å². The van der Waals surface area contributed by atoms with Crippen LogP contribution in [0.5, 0.6) is 0 Å². The van der Waals surface area contributed by atoms with E-state index < -0.39 is 12.1 Å². The maximum absolute atomic E-state index is 14.5. The van der Waals surface area contributed by atoms with Crippen LogP contribution in [0, 0.1) is 17.8 Å². The minimum absolute atomic E-state index is 0.105. The molecule has 0 aliphatic carbocycles. The van der Waals surface area contributed by atoms with Crippen molar-refractivity contribution in [2.24, 2.45) is 17.8 Å². The second-order valence-corrected chi connectivity index (χ2v) is 17.9. The lowest BCUT2D eigenvalue weighted by molar-refractivity contribution is -0.138. The molecule has 3 aliphatic rings. The Morgan fingerprint density at radius 3 is 2.07 bits per heavy atom. The van der Waals surface area contributed by atoms with E-state index in [0.29, 0.717) is 12.5 Å². The molecule has 2 aromatic heterocycles. The quantitative estimate of drug-likeness (QED) is 0.126. The molecule has 3 N–H and O–H groups in total. The Balaban J connectivity index is 0.928. The Bertz CT molecular complexity index is 2560. The van der Waals surface area contributed by atoms with Crippen molar-refractivity contribution in [2.75, 3.05) is 33.3 Å². The summed E-state index contributed by atoms with van der Waals surface area (Å²) in [7, 11) is 1.30. The van der Waals surface area contributed by atoms with Gasteiger partial charge in [0.2, 0.25) is 11.8 Å². The van der Waals surface area contributed by atoms with Crippen LogP contribution in [0.25, 0.3) is 44.2 Å². The molecule has 4 aromatic carbocycles. The molecule has 0 unspecified atom stereocenters. The van der Waals surface area contributed by atoms with E-state index in [9.17, 15) is 14.4 Å². The normalized spacial score (nSPS) is 21.7. The second kappa shape index (κ2) is 16.8. The van der Waals surface area contributed by atoms with E-state index in [1.807, 2.05) is 49.2 Å². The number of carbonyl (C=O) groups excluding carboxylic acids is 3. The standard InChI is InChI=1S/C49H56N8O4/c1-29(2)43(54-49(60)61-5)47(58)56-27-31(4)22-42(56)46-51-38-18-17-36(25-39(38)52-46)34-13-14-35-24-37(16-15-33(35)23-34)40-26-50-45(53-40)41-21-30(3)28-57(41)48(59)44(55-19-9-10-20-55)32-11-7-6-8-12-32/h6-8,11-18,23-26,29-31,41-44H,9-10,19-22,27-28H2,1-5H3,(H,50,53)(H,51,52)(H,54,60)/t30-,31-,41-,42-,43-,44+/m0/s1. The highest BCUT2D eigenvalue weighted by Gasteiger charge is 2.42. The molecule has 3 fully saturated rings. The van der Waals surface area contributed by atoms with Crippen molar-refractivity contribution in [3.8, 4) is 22.4 Å². The lowest BCUT2D eigenvalue weighted by Crippen LogP contribution is -2.51. The van der Waals surface area contributed by atoms with Crippen molar-refractivity contribution >= 4 is 39.7 Å². The number of alkyl carbamates (subject to hydrolysis) is 1. The third-order valence-corrected chi connectivity index (χ3v) is 13.0. The Hall–Kier alpha value is -6.01. The number of hydrogen-bond acceptors (Lipinski definition) is 7. The van der Waals surface area contributed by atoms with Crippen LogP contribution >= 0.6 is 0 Å². The number of methoxy groups -OCH3 is 1. The molecule has 0 bridgehead atoms. The van der Waals surface area contributed by atoms with Gasteiger partial charge in [0.25, 0.3) is 0 Å². The first-order chi connectivity index (χ1) is 29.5. The highest BCUT2D eigenvalue weighted by atomic mass is 16.5. The molecule has 3 amide bonds. The van der Waals surface area contributed by atoms with Gasteiger partial charge < -0.3 is 29.8 Å². The molecular formula is C49H56N8O4. The number of likely N-dealkylation sites (tertiary alicyclic amines) is 3. The van der Waals surface area contributed by atoms with E-state index in [1.54, 1.807) is 0 Å². The largest absolute Gasteiger partial charge is 0.453 e. The summed E-state index contributed by atoms with van der Waals surface area (Å²) >= 11 is 0. The molecule has 12 heteroatoms. The Morgan fingerprint density at radius 1 is 0.754 bits per heavy atom. The summed E-state index contributed by atoms with van der Waals surface area (Å²) in [6.07, 6.45) is 5.19. The molecule has 6 atom stereocenters. The smallest absolute Gasteiger partial charge is 0.407 e. The molecular weight excluding hydrogens is 765 g/mol. The SMILES string of the molecule is COC(=O)N[C@H](C(=O)N1C[C@@H](C)C[C@H]1c1nc2ccc(-c3ccc4cc(-c5cnc([C@@H]6C[C@H](C)CN6C(=O)[C@@H](c6ccccc6)N6CCCC6)[nH]5)ccc4c3)cc2[nH]1)C(C)C. The van der Waals surface area contributed by atoms with E-state index in [1.165, 1.54) is 7.11 Å². The van der Waals surface area contributed by atoms with Crippen molar-refractivity contribution in [1.29, 1.82) is 0 Å². The van der Waals surface area contributed by atoms with Crippen molar-refractivity contribution in [1.82, 2.24) is 40.0 Å².